The van der Waals surface area contributed by atoms with Crippen molar-refractivity contribution in [2.45, 2.75) is 213 Å². The highest BCUT2D eigenvalue weighted by Crippen LogP contribution is 2.18. The summed E-state index contributed by atoms with van der Waals surface area (Å²) in [6.07, 6.45) is 33.9. The molecule has 0 amide bonds. The Morgan fingerprint density at radius 1 is 0.477 bits per heavy atom. The number of esters is 2. The summed E-state index contributed by atoms with van der Waals surface area (Å²) in [6.45, 7) is 9.35. The average molecular weight is 624 g/mol. The summed E-state index contributed by atoms with van der Waals surface area (Å²) in [5, 5.41) is 0. The predicted octanol–water partition coefficient (Wildman–Crippen LogP) is 11.7. The van der Waals surface area contributed by atoms with Crippen LogP contribution in [0.3, 0.4) is 0 Å². The lowest BCUT2D eigenvalue weighted by Crippen LogP contribution is -2.22. The largest absolute Gasteiger partial charge is 0.466 e. The van der Waals surface area contributed by atoms with E-state index in [0.29, 0.717) is 19.4 Å². The standard InChI is InChI=1S/C39H77NO4/c1-5-8-11-14-17-23-28-36-43-38(41)33-29-35-40(4)34-27-22-18-21-26-32-39(42)44-37(30-24-19-15-12-9-6-2)31-25-20-16-13-10-7-3/h37H,5-36H2,1-4H3. The smallest absolute Gasteiger partial charge is 0.306 e. The van der Waals surface area contributed by atoms with Gasteiger partial charge in [-0.1, -0.05) is 143 Å². The first kappa shape index (κ1) is 42.9. The summed E-state index contributed by atoms with van der Waals surface area (Å²) < 4.78 is 11.4. The zero-order valence-corrected chi connectivity index (χ0v) is 30.3. The van der Waals surface area contributed by atoms with E-state index in [9.17, 15) is 9.59 Å². The fourth-order valence-electron chi connectivity index (χ4n) is 5.92. The second-order valence-corrected chi connectivity index (χ2v) is 13.5. The van der Waals surface area contributed by atoms with Gasteiger partial charge in [0.05, 0.1) is 6.61 Å². The molecule has 0 rings (SSSR count). The second kappa shape index (κ2) is 34.8. The highest BCUT2D eigenvalue weighted by molar-refractivity contribution is 5.69. The first-order chi connectivity index (χ1) is 21.5. The number of hydrogen-bond donors (Lipinski definition) is 0. The SMILES string of the molecule is CCCCCCCCCOC(=O)CCCN(C)CCCCCCCC(=O)OC(CCCCCCCC)CCCCCCCC. The normalized spacial score (nSPS) is 11.5. The minimum Gasteiger partial charge on any atom is -0.466 e. The molecule has 0 saturated carbocycles. The van der Waals surface area contributed by atoms with Crippen molar-refractivity contribution in [2.24, 2.45) is 0 Å². The number of hydrogen-bond acceptors (Lipinski definition) is 5. The highest BCUT2D eigenvalue weighted by Gasteiger charge is 2.14. The molecular weight excluding hydrogens is 546 g/mol. The van der Waals surface area contributed by atoms with Crippen LogP contribution in [0, 0.1) is 0 Å². The molecule has 0 radical (unpaired) electrons. The zero-order valence-electron chi connectivity index (χ0n) is 30.3. The Hall–Kier alpha value is -1.10. The Morgan fingerprint density at radius 2 is 0.886 bits per heavy atom. The minimum atomic E-state index is -0.0425. The van der Waals surface area contributed by atoms with Crippen molar-refractivity contribution < 1.29 is 19.1 Å². The van der Waals surface area contributed by atoms with Crippen molar-refractivity contribution in [3.05, 3.63) is 0 Å². The van der Waals surface area contributed by atoms with Crippen LogP contribution in [-0.4, -0.2) is 49.7 Å². The quantitative estimate of drug-likeness (QED) is 0.0519. The molecule has 0 saturated heterocycles. The number of carbonyl (C=O) groups is 2. The van der Waals surface area contributed by atoms with Gasteiger partial charge in [-0.3, -0.25) is 9.59 Å². The van der Waals surface area contributed by atoms with E-state index < -0.39 is 0 Å². The molecule has 0 atom stereocenters. The van der Waals surface area contributed by atoms with E-state index in [1.54, 1.807) is 0 Å². The van der Waals surface area contributed by atoms with E-state index in [1.165, 1.54) is 135 Å². The second-order valence-electron chi connectivity index (χ2n) is 13.5. The van der Waals surface area contributed by atoms with Gasteiger partial charge >= 0.3 is 11.9 Å². The summed E-state index contributed by atoms with van der Waals surface area (Å²) in [6, 6.07) is 0. The van der Waals surface area contributed by atoms with Crippen molar-refractivity contribution >= 4 is 11.9 Å². The molecule has 0 aromatic carbocycles. The van der Waals surface area contributed by atoms with Crippen molar-refractivity contribution in [1.82, 2.24) is 4.90 Å². The highest BCUT2D eigenvalue weighted by atomic mass is 16.5. The van der Waals surface area contributed by atoms with E-state index >= 15 is 0 Å². The van der Waals surface area contributed by atoms with Crippen molar-refractivity contribution in [1.29, 1.82) is 0 Å². The predicted molar refractivity (Wildman–Crippen MR) is 189 cm³/mol. The molecule has 0 fully saturated rings. The van der Waals surface area contributed by atoms with E-state index in [-0.39, 0.29) is 18.0 Å². The molecule has 0 aliphatic heterocycles. The van der Waals surface area contributed by atoms with Gasteiger partial charge in [0.25, 0.3) is 0 Å². The maximum atomic E-state index is 12.6. The number of nitrogens with zero attached hydrogens (tertiary/aromatic N) is 1. The Morgan fingerprint density at radius 3 is 1.43 bits per heavy atom. The van der Waals surface area contributed by atoms with Gasteiger partial charge < -0.3 is 14.4 Å². The van der Waals surface area contributed by atoms with E-state index in [2.05, 4.69) is 32.7 Å². The summed E-state index contributed by atoms with van der Waals surface area (Å²) >= 11 is 0. The van der Waals surface area contributed by atoms with Crippen molar-refractivity contribution in [3.63, 3.8) is 0 Å². The zero-order chi connectivity index (χ0) is 32.4. The molecule has 0 spiro atoms. The van der Waals surface area contributed by atoms with Crippen LogP contribution in [0.4, 0.5) is 0 Å². The Balaban J connectivity index is 3.85. The number of carbonyl (C=O) groups excluding carboxylic acids is 2. The third kappa shape index (κ3) is 32.3. The van der Waals surface area contributed by atoms with E-state index in [4.69, 9.17) is 9.47 Å². The number of unbranched alkanes of at least 4 members (excludes halogenated alkanes) is 20. The molecule has 0 bridgehead atoms. The average Bonchev–Trinajstić information content (AvgIpc) is 3.01. The Kier molecular flexibility index (Phi) is 33.9. The lowest BCUT2D eigenvalue weighted by molar-refractivity contribution is -0.150. The van der Waals surface area contributed by atoms with Gasteiger partial charge in [-0.2, -0.15) is 0 Å². The number of rotatable bonds is 35. The first-order valence-electron chi connectivity index (χ1n) is 19.6. The van der Waals surface area contributed by atoms with Crippen LogP contribution < -0.4 is 0 Å². The molecule has 0 aliphatic rings. The maximum Gasteiger partial charge on any atom is 0.306 e. The van der Waals surface area contributed by atoms with Gasteiger partial charge in [-0.25, -0.2) is 0 Å². The van der Waals surface area contributed by atoms with Gasteiger partial charge in [0.15, 0.2) is 0 Å². The summed E-state index contributed by atoms with van der Waals surface area (Å²) in [5.74, 6) is -0.0216. The van der Waals surface area contributed by atoms with Crippen LogP contribution in [0.1, 0.15) is 207 Å². The number of ether oxygens (including phenoxy) is 2. The fourth-order valence-corrected chi connectivity index (χ4v) is 5.92. The Labute approximate surface area is 275 Å². The lowest BCUT2D eigenvalue weighted by atomic mass is 10.0. The molecule has 5 heteroatoms. The van der Waals surface area contributed by atoms with Crippen LogP contribution in [0.2, 0.25) is 0 Å². The summed E-state index contributed by atoms with van der Waals surface area (Å²) in [7, 11) is 2.15. The molecule has 262 valence electrons. The molecule has 0 aromatic heterocycles. The molecule has 0 heterocycles. The van der Waals surface area contributed by atoms with Crippen LogP contribution in [-0.2, 0) is 19.1 Å². The monoisotopic (exact) mass is 624 g/mol. The summed E-state index contributed by atoms with van der Waals surface area (Å²) in [5.41, 5.74) is 0. The van der Waals surface area contributed by atoms with Gasteiger partial charge in [-0.05, 0) is 71.5 Å². The van der Waals surface area contributed by atoms with E-state index in [1.807, 2.05) is 0 Å². The molecule has 0 aromatic rings. The Bertz CT molecular complexity index is 595. The van der Waals surface area contributed by atoms with Gasteiger partial charge in [0.2, 0.25) is 0 Å². The fraction of sp³-hybridized carbons (Fsp3) is 0.949. The third-order valence-corrected chi connectivity index (χ3v) is 8.91. The summed E-state index contributed by atoms with van der Waals surface area (Å²) in [4.78, 5) is 26.9. The van der Waals surface area contributed by atoms with E-state index in [0.717, 1.165) is 51.6 Å². The minimum absolute atomic E-state index is 0.0210. The lowest BCUT2D eigenvalue weighted by Gasteiger charge is -2.18. The van der Waals surface area contributed by atoms with Crippen LogP contribution >= 0.6 is 0 Å². The van der Waals surface area contributed by atoms with Crippen LogP contribution in [0.15, 0.2) is 0 Å². The van der Waals surface area contributed by atoms with Crippen molar-refractivity contribution in [2.75, 3.05) is 26.7 Å². The molecular formula is C39H77NO4. The molecule has 0 aliphatic carbocycles. The van der Waals surface area contributed by atoms with Crippen molar-refractivity contribution in [3.8, 4) is 0 Å². The van der Waals surface area contributed by atoms with Crippen LogP contribution in [0.5, 0.6) is 0 Å². The van der Waals surface area contributed by atoms with Crippen LogP contribution in [0.25, 0.3) is 0 Å². The third-order valence-electron chi connectivity index (χ3n) is 8.91. The molecule has 44 heavy (non-hydrogen) atoms. The van der Waals surface area contributed by atoms with Gasteiger partial charge in [-0.15, -0.1) is 0 Å². The molecule has 0 N–H and O–H groups in total. The molecule has 0 unspecified atom stereocenters. The topological polar surface area (TPSA) is 55.8 Å². The first-order valence-corrected chi connectivity index (χ1v) is 19.6. The molecule has 5 nitrogen and oxygen atoms in total. The van der Waals surface area contributed by atoms with Gasteiger partial charge in [0.1, 0.15) is 6.10 Å². The maximum absolute atomic E-state index is 12.6. The van der Waals surface area contributed by atoms with Gasteiger partial charge in [0, 0.05) is 12.8 Å².